The molecule has 3 N–H and O–H groups in total. The third-order valence-corrected chi connectivity index (χ3v) is 8.53. The molecule has 1 amide bonds. The van der Waals surface area contributed by atoms with E-state index in [1.54, 1.807) is 6.07 Å². The molecule has 0 unspecified atom stereocenters. The number of amides is 1. The Labute approximate surface area is 234 Å². The standard InChI is InChI=1S/C31H35N5O2S/c1-20-9-12-25(13-10-20)33-31(39)34-26-16-22(30(38)32-24-5-2-3-6-24)11-14-28(26)35-17-21-15-23(19-35)27-7-4-8-29(37)36(27)18-21/h4,7-14,16,21,23-24H,2-3,5-6,15,17-19H2,1H3,(H,32,38)(H2,33,34,39)/t21-,23+/m1/s1. The van der Waals surface area contributed by atoms with Gasteiger partial charge >= 0.3 is 0 Å². The maximum absolute atomic E-state index is 13.1. The fourth-order valence-electron chi connectivity index (χ4n) is 6.41. The Morgan fingerprint density at radius 1 is 0.949 bits per heavy atom. The third-order valence-electron chi connectivity index (χ3n) is 8.33. The summed E-state index contributed by atoms with van der Waals surface area (Å²) in [6.45, 7) is 4.44. The van der Waals surface area contributed by atoms with Gasteiger partial charge in [0.15, 0.2) is 5.11 Å². The van der Waals surface area contributed by atoms with Gasteiger partial charge in [0.1, 0.15) is 0 Å². The molecular formula is C31H35N5O2S. The van der Waals surface area contributed by atoms with Crippen LogP contribution in [0.2, 0.25) is 0 Å². The van der Waals surface area contributed by atoms with Gasteiger partial charge in [0, 0.05) is 54.6 Å². The van der Waals surface area contributed by atoms with Crippen LogP contribution in [0.1, 0.15) is 59.6 Å². The highest BCUT2D eigenvalue weighted by atomic mass is 32.1. The molecule has 0 radical (unpaired) electrons. The van der Waals surface area contributed by atoms with Crippen LogP contribution in [0.25, 0.3) is 0 Å². The first kappa shape index (κ1) is 25.6. The number of piperidine rings is 1. The molecule has 2 atom stereocenters. The smallest absolute Gasteiger partial charge is 0.251 e. The van der Waals surface area contributed by atoms with E-state index in [-0.39, 0.29) is 23.4 Å². The van der Waals surface area contributed by atoms with Crippen LogP contribution < -0.4 is 26.4 Å². The number of anilines is 3. The zero-order chi connectivity index (χ0) is 26.9. The van der Waals surface area contributed by atoms with Crippen LogP contribution in [-0.4, -0.2) is 34.7 Å². The van der Waals surface area contributed by atoms with Crippen LogP contribution in [0, 0.1) is 12.8 Å². The summed E-state index contributed by atoms with van der Waals surface area (Å²) >= 11 is 5.70. The van der Waals surface area contributed by atoms with E-state index in [0.717, 1.165) is 61.7 Å². The summed E-state index contributed by atoms with van der Waals surface area (Å²) in [6.07, 6.45) is 5.50. The highest BCUT2D eigenvalue weighted by Gasteiger charge is 2.35. The molecule has 3 aromatic rings. The molecule has 3 aliphatic rings. The number of hydrogen-bond donors (Lipinski definition) is 3. The van der Waals surface area contributed by atoms with Crippen molar-refractivity contribution < 1.29 is 4.79 Å². The van der Waals surface area contributed by atoms with Gasteiger partial charge < -0.3 is 25.4 Å². The monoisotopic (exact) mass is 541 g/mol. The second kappa shape index (κ2) is 10.8. The van der Waals surface area contributed by atoms with Gasteiger partial charge in [-0.1, -0.05) is 36.6 Å². The first-order valence-electron chi connectivity index (χ1n) is 14.0. The van der Waals surface area contributed by atoms with Crippen molar-refractivity contribution in [3.8, 4) is 0 Å². The molecule has 6 rings (SSSR count). The number of benzene rings is 2. The molecule has 8 heteroatoms. The molecular weight excluding hydrogens is 506 g/mol. The number of nitrogens with zero attached hydrogens (tertiary/aromatic N) is 2. The lowest BCUT2D eigenvalue weighted by atomic mass is 9.83. The minimum atomic E-state index is -0.0438. The van der Waals surface area contributed by atoms with Crippen LogP contribution in [0.3, 0.4) is 0 Å². The van der Waals surface area contributed by atoms with Gasteiger partial charge in [0.25, 0.3) is 11.5 Å². The van der Waals surface area contributed by atoms with E-state index in [1.165, 1.54) is 18.4 Å². The molecule has 1 aromatic heterocycles. The first-order chi connectivity index (χ1) is 18.9. The number of nitrogens with one attached hydrogen (secondary N) is 3. The van der Waals surface area contributed by atoms with Crippen molar-refractivity contribution in [2.45, 2.75) is 57.5 Å². The van der Waals surface area contributed by atoms with E-state index in [0.29, 0.717) is 16.6 Å². The minimum Gasteiger partial charge on any atom is -0.369 e. The maximum Gasteiger partial charge on any atom is 0.251 e. The summed E-state index contributed by atoms with van der Waals surface area (Å²) in [7, 11) is 0. The van der Waals surface area contributed by atoms with Gasteiger partial charge in [0.05, 0.1) is 11.4 Å². The number of pyridine rings is 1. The zero-order valence-electron chi connectivity index (χ0n) is 22.3. The number of rotatable bonds is 5. The van der Waals surface area contributed by atoms with E-state index < -0.39 is 0 Å². The minimum absolute atomic E-state index is 0.0438. The molecule has 2 aromatic carbocycles. The average molecular weight is 542 g/mol. The summed E-state index contributed by atoms with van der Waals surface area (Å²) in [6, 6.07) is 19.8. The molecule has 1 aliphatic carbocycles. The van der Waals surface area contributed by atoms with Gasteiger partial charge in [-0.2, -0.15) is 0 Å². The SMILES string of the molecule is Cc1ccc(NC(=S)Nc2cc(C(=O)NC3CCCC3)ccc2N2C[C@H]3C[C@@H](C2)c2cccc(=O)n2C3)cc1. The Morgan fingerprint density at radius 3 is 2.54 bits per heavy atom. The average Bonchev–Trinajstić information content (AvgIpc) is 3.43. The van der Waals surface area contributed by atoms with Crippen molar-refractivity contribution in [1.29, 1.82) is 0 Å². The lowest BCUT2D eigenvalue weighted by Gasteiger charge is -2.44. The molecule has 2 fully saturated rings. The summed E-state index contributed by atoms with van der Waals surface area (Å²) < 4.78 is 1.95. The molecule has 0 spiro atoms. The van der Waals surface area contributed by atoms with Crippen molar-refractivity contribution in [1.82, 2.24) is 9.88 Å². The number of aromatic nitrogens is 1. The van der Waals surface area contributed by atoms with E-state index >= 15 is 0 Å². The molecule has 39 heavy (non-hydrogen) atoms. The van der Waals surface area contributed by atoms with Gasteiger partial charge in [-0.15, -0.1) is 0 Å². The Balaban J connectivity index is 1.28. The molecule has 7 nitrogen and oxygen atoms in total. The predicted octanol–water partition coefficient (Wildman–Crippen LogP) is 5.26. The molecule has 2 bridgehead atoms. The quantitative estimate of drug-likeness (QED) is 0.383. The summed E-state index contributed by atoms with van der Waals surface area (Å²) in [5.74, 6) is 0.618. The fourth-order valence-corrected chi connectivity index (χ4v) is 6.63. The normalized spacial score (nSPS) is 20.3. The highest BCUT2D eigenvalue weighted by molar-refractivity contribution is 7.80. The Kier molecular flexibility index (Phi) is 7.12. The third kappa shape index (κ3) is 5.57. The lowest BCUT2D eigenvalue weighted by molar-refractivity contribution is 0.0938. The molecule has 2 aliphatic heterocycles. The number of thiocarbonyl (C=S) groups is 1. The molecule has 3 heterocycles. The van der Waals surface area contributed by atoms with Gasteiger partial charge in [-0.25, -0.2) is 0 Å². The first-order valence-corrected chi connectivity index (χ1v) is 14.4. The second-order valence-corrected chi connectivity index (χ2v) is 11.6. The van der Waals surface area contributed by atoms with E-state index in [9.17, 15) is 9.59 Å². The summed E-state index contributed by atoms with van der Waals surface area (Å²) in [4.78, 5) is 28.0. The predicted molar refractivity (Wildman–Crippen MR) is 161 cm³/mol. The largest absolute Gasteiger partial charge is 0.369 e. The number of carbonyl (C=O) groups excluding carboxylic acids is 1. The number of fused-ring (bicyclic) bond motifs is 4. The van der Waals surface area contributed by atoms with Crippen molar-refractivity contribution in [3.63, 3.8) is 0 Å². The summed E-state index contributed by atoms with van der Waals surface area (Å²) in [5, 5.41) is 10.4. The van der Waals surface area contributed by atoms with E-state index in [2.05, 4.69) is 33.8 Å². The van der Waals surface area contributed by atoms with Crippen molar-refractivity contribution in [2.75, 3.05) is 28.6 Å². The van der Waals surface area contributed by atoms with E-state index in [4.69, 9.17) is 12.2 Å². The van der Waals surface area contributed by atoms with E-state index in [1.807, 2.05) is 53.1 Å². The highest BCUT2D eigenvalue weighted by Crippen LogP contribution is 2.39. The van der Waals surface area contributed by atoms with Gasteiger partial charge in [-0.05, 0) is 80.7 Å². The van der Waals surface area contributed by atoms with Crippen molar-refractivity contribution in [2.24, 2.45) is 5.92 Å². The topological polar surface area (TPSA) is 78.4 Å². The van der Waals surface area contributed by atoms with Crippen molar-refractivity contribution in [3.05, 3.63) is 87.8 Å². The van der Waals surface area contributed by atoms with Crippen molar-refractivity contribution >= 4 is 40.3 Å². The zero-order valence-corrected chi connectivity index (χ0v) is 23.1. The van der Waals surface area contributed by atoms with Gasteiger partial charge in [-0.3, -0.25) is 9.59 Å². The Hall–Kier alpha value is -3.65. The molecule has 1 saturated carbocycles. The van der Waals surface area contributed by atoms with Crippen LogP contribution in [0.4, 0.5) is 17.1 Å². The fraction of sp³-hybridized carbons (Fsp3) is 0.387. The second-order valence-electron chi connectivity index (χ2n) is 11.2. The lowest BCUT2D eigenvalue weighted by Crippen LogP contribution is -2.47. The number of hydrogen-bond acceptors (Lipinski definition) is 4. The molecule has 1 saturated heterocycles. The summed E-state index contributed by atoms with van der Waals surface area (Å²) in [5.41, 5.74) is 5.74. The Morgan fingerprint density at radius 2 is 1.74 bits per heavy atom. The van der Waals surface area contributed by atoms with Crippen LogP contribution in [0.15, 0.2) is 65.5 Å². The van der Waals surface area contributed by atoms with Crippen LogP contribution in [-0.2, 0) is 6.54 Å². The maximum atomic E-state index is 13.1. The molecule has 202 valence electrons. The van der Waals surface area contributed by atoms with Crippen LogP contribution in [0.5, 0.6) is 0 Å². The number of carbonyl (C=O) groups is 1. The van der Waals surface area contributed by atoms with Gasteiger partial charge in [0.2, 0.25) is 0 Å². The van der Waals surface area contributed by atoms with Crippen LogP contribution >= 0.6 is 12.2 Å². The Bertz CT molecular complexity index is 1440. The number of aryl methyl sites for hydroxylation is 1.